The number of hydrogen-bond donors (Lipinski definition) is 2. The van der Waals surface area contributed by atoms with E-state index in [1.807, 2.05) is 37.3 Å². The number of amides is 3. The number of likely N-dealkylation sites (tertiary alicyclic amines) is 1. The maximum Gasteiger partial charge on any atom is 0.253 e. The van der Waals surface area contributed by atoms with Crippen LogP contribution in [0.2, 0.25) is 0 Å². The number of anilines is 2. The third-order valence-electron chi connectivity index (χ3n) is 7.25. The third-order valence-corrected chi connectivity index (χ3v) is 7.51. The molecule has 1 aromatic carbocycles. The van der Waals surface area contributed by atoms with Crippen molar-refractivity contribution in [2.75, 3.05) is 36.4 Å². The number of halogens is 1. The highest BCUT2D eigenvalue weighted by molar-refractivity contribution is 6.31. The van der Waals surface area contributed by atoms with Crippen molar-refractivity contribution in [3.63, 3.8) is 0 Å². The molecule has 3 heterocycles. The normalized spacial score (nSPS) is 26.4. The Bertz CT molecular complexity index is 1120. The van der Waals surface area contributed by atoms with Crippen LogP contribution in [0, 0.1) is 5.92 Å². The van der Waals surface area contributed by atoms with Gasteiger partial charge in [0.15, 0.2) is 6.10 Å². The molecule has 0 saturated carbocycles. The second kappa shape index (κ2) is 10.6. The van der Waals surface area contributed by atoms with Crippen LogP contribution < -0.4 is 15.5 Å². The summed E-state index contributed by atoms with van der Waals surface area (Å²) in [6.07, 6.45) is 8.89. The topological polar surface area (TPSA) is 91.0 Å². The molecule has 0 radical (unpaired) electrons. The fourth-order valence-corrected chi connectivity index (χ4v) is 5.30. The number of benzene rings is 1. The molecule has 3 aliphatic heterocycles. The second-order valence-corrected chi connectivity index (χ2v) is 10.2. The molecule has 36 heavy (non-hydrogen) atoms. The van der Waals surface area contributed by atoms with Gasteiger partial charge < -0.3 is 20.3 Å². The molecule has 1 aromatic rings. The molecule has 3 amide bonds. The van der Waals surface area contributed by atoms with Gasteiger partial charge in [0.05, 0.1) is 6.04 Å². The highest BCUT2D eigenvalue weighted by Gasteiger charge is 2.34. The number of allylic oxidation sites excluding steroid dienone is 2. The predicted octanol–water partition coefficient (Wildman–Crippen LogP) is 2.96. The largest absolute Gasteiger partial charge is 0.353 e. The summed E-state index contributed by atoms with van der Waals surface area (Å²) >= 11 is 6.01. The van der Waals surface area contributed by atoms with Gasteiger partial charge in [-0.05, 0) is 80.9 Å². The van der Waals surface area contributed by atoms with E-state index in [1.54, 1.807) is 23.1 Å². The van der Waals surface area contributed by atoms with E-state index in [9.17, 15) is 14.4 Å². The number of carbonyl (C=O) groups excluding carboxylic acids is 3. The van der Waals surface area contributed by atoms with Crippen LogP contribution >= 0.6 is 11.6 Å². The van der Waals surface area contributed by atoms with Crippen molar-refractivity contribution in [1.29, 1.82) is 0 Å². The lowest BCUT2D eigenvalue weighted by molar-refractivity contribution is -0.130. The molecule has 2 saturated heterocycles. The van der Waals surface area contributed by atoms with Crippen LogP contribution in [0.25, 0.3) is 0 Å². The van der Waals surface area contributed by atoms with Crippen molar-refractivity contribution >= 4 is 40.7 Å². The van der Waals surface area contributed by atoms with Crippen LogP contribution in [-0.4, -0.2) is 67.1 Å². The van der Waals surface area contributed by atoms with E-state index in [0.717, 1.165) is 37.2 Å². The van der Waals surface area contributed by atoms with E-state index < -0.39 is 6.10 Å². The fraction of sp³-hybridized carbons (Fsp3) is 0.444. The average Bonchev–Trinajstić information content (AvgIpc) is 3.62. The summed E-state index contributed by atoms with van der Waals surface area (Å²) < 4.78 is 5.78. The minimum absolute atomic E-state index is 0.00714. The van der Waals surface area contributed by atoms with E-state index in [0.29, 0.717) is 30.2 Å². The molecule has 5 rings (SSSR count). The predicted molar refractivity (Wildman–Crippen MR) is 139 cm³/mol. The van der Waals surface area contributed by atoms with Crippen LogP contribution in [0.15, 0.2) is 59.2 Å². The highest BCUT2D eigenvalue weighted by atomic mass is 35.5. The summed E-state index contributed by atoms with van der Waals surface area (Å²) in [5, 5.41) is 6.49. The highest BCUT2D eigenvalue weighted by Crippen LogP contribution is 2.29. The molecular weight excluding hydrogens is 480 g/mol. The van der Waals surface area contributed by atoms with Crippen LogP contribution in [0.5, 0.6) is 0 Å². The van der Waals surface area contributed by atoms with Crippen molar-refractivity contribution in [3.05, 3.63) is 59.2 Å². The van der Waals surface area contributed by atoms with Gasteiger partial charge in [0.2, 0.25) is 11.8 Å². The second-order valence-electron chi connectivity index (χ2n) is 9.80. The van der Waals surface area contributed by atoms with Crippen LogP contribution in [0.1, 0.15) is 26.2 Å². The summed E-state index contributed by atoms with van der Waals surface area (Å²) in [6.45, 7) is 4.77. The van der Waals surface area contributed by atoms with Crippen LogP contribution in [-0.2, 0) is 19.1 Å². The summed E-state index contributed by atoms with van der Waals surface area (Å²) in [7, 11) is 0. The van der Waals surface area contributed by atoms with Crippen molar-refractivity contribution in [2.45, 2.75) is 44.4 Å². The molecule has 2 N–H and O–H groups in total. The van der Waals surface area contributed by atoms with Gasteiger partial charge in [0.1, 0.15) is 6.10 Å². The molecule has 0 aromatic heterocycles. The standard InChI is InChI=1S/C27H31ClN4O4/c1-17(31-10-2-3-11-31)26(34)30-21-6-8-22(9-7-21)32-16-18(12-25(32)33)15-29-27(35)24-13-19-4-5-20(28)14-23(19)36-24/h4-9,13-14,17-18,23-24H,2-3,10-12,15-16H2,1H3,(H,29,35)(H,30,34). The number of fused-ring (bicyclic) bond motifs is 1. The van der Waals surface area contributed by atoms with Crippen molar-refractivity contribution in [3.8, 4) is 0 Å². The van der Waals surface area contributed by atoms with E-state index in [-0.39, 0.29) is 35.8 Å². The van der Waals surface area contributed by atoms with E-state index in [4.69, 9.17) is 16.3 Å². The van der Waals surface area contributed by atoms with Crippen molar-refractivity contribution < 1.29 is 19.1 Å². The lowest BCUT2D eigenvalue weighted by Gasteiger charge is -2.23. The Morgan fingerprint density at radius 1 is 1.14 bits per heavy atom. The van der Waals surface area contributed by atoms with Gasteiger partial charge in [0, 0.05) is 41.8 Å². The van der Waals surface area contributed by atoms with Crippen LogP contribution in [0.4, 0.5) is 11.4 Å². The molecule has 4 unspecified atom stereocenters. The van der Waals surface area contributed by atoms with Gasteiger partial charge in [-0.1, -0.05) is 17.7 Å². The molecule has 9 heteroatoms. The van der Waals surface area contributed by atoms with Gasteiger partial charge in [-0.3, -0.25) is 19.3 Å². The van der Waals surface area contributed by atoms with Gasteiger partial charge in [-0.15, -0.1) is 0 Å². The Morgan fingerprint density at radius 3 is 2.64 bits per heavy atom. The first-order valence-electron chi connectivity index (χ1n) is 12.5. The summed E-state index contributed by atoms with van der Waals surface area (Å²) in [4.78, 5) is 41.8. The number of ether oxygens (including phenoxy) is 1. The molecule has 1 aliphatic carbocycles. The summed E-state index contributed by atoms with van der Waals surface area (Å²) in [5.41, 5.74) is 2.41. The zero-order valence-electron chi connectivity index (χ0n) is 20.3. The van der Waals surface area contributed by atoms with Crippen molar-refractivity contribution in [1.82, 2.24) is 10.2 Å². The molecule has 2 fully saturated rings. The summed E-state index contributed by atoms with van der Waals surface area (Å²) in [5.74, 6) is -0.213. The Balaban J connectivity index is 1.11. The molecule has 4 aliphatic rings. The fourth-order valence-electron chi connectivity index (χ4n) is 5.12. The molecule has 0 spiro atoms. The maximum atomic E-state index is 12.7. The molecule has 8 nitrogen and oxygen atoms in total. The maximum absolute atomic E-state index is 12.7. The summed E-state index contributed by atoms with van der Waals surface area (Å²) in [6, 6.07) is 7.18. The van der Waals surface area contributed by atoms with Crippen molar-refractivity contribution in [2.24, 2.45) is 5.92 Å². The zero-order chi connectivity index (χ0) is 25.2. The van der Waals surface area contributed by atoms with Gasteiger partial charge in [-0.25, -0.2) is 0 Å². The van der Waals surface area contributed by atoms with E-state index in [1.165, 1.54) is 0 Å². The van der Waals surface area contributed by atoms with E-state index in [2.05, 4.69) is 15.5 Å². The Morgan fingerprint density at radius 2 is 1.89 bits per heavy atom. The van der Waals surface area contributed by atoms with Crippen LogP contribution in [0.3, 0.4) is 0 Å². The zero-order valence-corrected chi connectivity index (χ0v) is 21.0. The first-order valence-corrected chi connectivity index (χ1v) is 12.9. The Hall–Kier alpha value is -2.94. The number of nitrogens with zero attached hydrogens (tertiary/aromatic N) is 2. The lowest BCUT2D eigenvalue weighted by Crippen LogP contribution is -2.40. The Kier molecular flexibility index (Phi) is 7.27. The SMILES string of the molecule is CC(C(=O)Nc1ccc(N2CC(CNC(=O)C3C=C4C=CC(Cl)=CC4O3)CC2=O)cc1)N1CCCC1. The average molecular weight is 511 g/mol. The van der Waals surface area contributed by atoms with Gasteiger partial charge in [-0.2, -0.15) is 0 Å². The first-order chi connectivity index (χ1) is 17.4. The molecule has 4 atom stereocenters. The minimum Gasteiger partial charge on any atom is -0.353 e. The van der Waals surface area contributed by atoms with E-state index >= 15 is 0 Å². The molecule has 190 valence electrons. The Labute approximate surface area is 216 Å². The molecule has 0 bridgehead atoms. The number of hydrogen-bond acceptors (Lipinski definition) is 5. The number of rotatable bonds is 7. The lowest BCUT2D eigenvalue weighted by atomic mass is 10.1. The quantitative estimate of drug-likeness (QED) is 0.588. The smallest absolute Gasteiger partial charge is 0.253 e. The minimum atomic E-state index is -0.669. The first kappa shape index (κ1) is 24.7. The van der Waals surface area contributed by atoms with Gasteiger partial charge in [0.25, 0.3) is 5.91 Å². The molecular formula is C27H31ClN4O4. The number of nitrogens with one attached hydrogen (secondary N) is 2. The van der Waals surface area contributed by atoms with Gasteiger partial charge >= 0.3 is 0 Å². The number of carbonyl (C=O) groups is 3. The monoisotopic (exact) mass is 510 g/mol. The third kappa shape index (κ3) is 5.40.